The molecule has 0 N–H and O–H groups in total. The van der Waals surface area contributed by atoms with Crippen LogP contribution in [0.25, 0.3) is 17.3 Å². The molecule has 1 saturated carbocycles. The minimum Gasteiger partial charge on any atom is -0.264 e. The van der Waals surface area contributed by atoms with E-state index in [4.69, 9.17) is 15.2 Å². The third-order valence-corrected chi connectivity index (χ3v) is 4.79. The van der Waals surface area contributed by atoms with Crippen molar-refractivity contribution in [3.63, 3.8) is 0 Å². The van der Waals surface area contributed by atoms with Crippen LogP contribution in [-0.4, -0.2) is 34.3 Å². The van der Waals surface area contributed by atoms with Gasteiger partial charge in [-0.25, -0.2) is 4.98 Å². The Morgan fingerprint density at radius 3 is 2.64 bits per heavy atom. The number of unbranched alkanes of at least 4 members (excludes halogenated alkanes) is 2. The zero-order chi connectivity index (χ0) is 17.4. The predicted molar refractivity (Wildman–Crippen MR) is 95.5 cm³/mol. The van der Waals surface area contributed by atoms with E-state index in [1.54, 1.807) is 6.20 Å². The van der Waals surface area contributed by atoms with Crippen LogP contribution in [-0.2, 0) is 20.5 Å². The molecule has 3 aromatic rings. The summed E-state index contributed by atoms with van der Waals surface area (Å²) < 4.78 is 5.66. The van der Waals surface area contributed by atoms with E-state index in [0.717, 1.165) is 36.0 Å². The van der Waals surface area contributed by atoms with Crippen LogP contribution in [0.15, 0.2) is 18.3 Å². The molecule has 0 aromatic carbocycles. The van der Waals surface area contributed by atoms with Crippen molar-refractivity contribution in [1.29, 1.82) is 0 Å². The minimum atomic E-state index is 0.622. The Morgan fingerprint density at radius 2 is 1.96 bits per heavy atom. The molecule has 0 saturated heterocycles. The van der Waals surface area contributed by atoms with Crippen molar-refractivity contribution in [3.05, 3.63) is 29.8 Å². The third-order valence-electron chi connectivity index (χ3n) is 4.79. The van der Waals surface area contributed by atoms with Crippen LogP contribution >= 0.6 is 0 Å². The summed E-state index contributed by atoms with van der Waals surface area (Å²) in [4.78, 5) is 4.85. The largest absolute Gasteiger partial charge is 0.264 e. The van der Waals surface area contributed by atoms with Crippen molar-refractivity contribution >= 4 is 0 Å². The van der Waals surface area contributed by atoms with Crippen molar-refractivity contribution < 1.29 is 0 Å². The molecule has 0 radical (unpaired) electrons. The summed E-state index contributed by atoms with van der Waals surface area (Å²) in [5.41, 5.74) is 2.18. The molecule has 1 aliphatic rings. The zero-order valence-electron chi connectivity index (χ0n) is 15.2. The van der Waals surface area contributed by atoms with Gasteiger partial charge in [0.25, 0.3) is 0 Å². The molecule has 1 aliphatic carbocycles. The summed E-state index contributed by atoms with van der Waals surface area (Å²) in [6.07, 6.45) is 8.69. The lowest BCUT2D eigenvalue weighted by Crippen LogP contribution is -2.08. The van der Waals surface area contributed by atoms with E-state index in [9.17, 15) is 0 Å². The van der Waals surface area contributed by atoms with Gasteiger partial charge in [0, 0.05) is 32.5 Å². The van der Waals surface area contributed by atoms with Crippen LogP contribution in [0, 0.1) is 0 Å². The van der Waals surface area contributed by atoms with Gasteiger partial charge >= 0.3 is 0 Å². The quantitative estimate of drug-likeness (QED) is 0.621. The average molecular weight is 339 g/mol. The fourth-order valence-corrected chi connectivity index (χ4v) is 3.17. The lowest BCUT2D eigenvalue weighted by molar-refractivity contribution is 0.670. The molecule has 0 aliphatic heterocycles. The Kier molecular flexibility index (Phi) is 4.15. The van der Waals surface area contributed by atoms with Gasteiger partial charge in [-0.15, -0.1) is 5.10 Å². The molecule has 0 unspecified atom stereocenters. The van der Waals surface area contributed by atoms with Gasteiger partial charge in [-0.3, -0.25) is 9.36 Å². The molecular weight excluding hydrogens is 314 g/mol. The standard InChI is InChI=1S/C18H25N7/c1-4-5-6-7-16-20-18(25(22-16)17-10-11-19-24(17)3)15-12-14(13-8-9-13)21-23(15)2/h10-13H,4-9H2,1-3H3. The maximum atomic E-state index is 4.85. The van der Waals surface area contributed by atoms with Gasteiger partial charge in [-0.05, 0) is 25.3 Å². The second-order valence-electron chi connectivity index (χ2n) is 6.89. The van der Waals surface area contributed by atoms with Gasteiger partial charge in [-0.2, -0.15) is 14.9 Å². The highest BCUT2D eigenvalue weighted by Gasteiger charge is 2.28. The molecule has 0 spiro atoms. The van der Waals surface area contributed by atoms with E-state index in [0.29, 0.717) is 5.92 Å². The van der Waals surface area contributed by atoms with Gasteiger partial charge in [0.1, 0.15) is 5.69 Å². The Balaban J connectivity index is 1.75. The summed E-state index contributed by atoms with van der Waals surface area (Å²) in [5, 5.41) is 13.8. The Morgan fingerprint density at radius 1 is 1.12 bits per heavy atom. The molecule has 7 nitrogen and oxygen atoms in total. The van der Waals surface area contributed by atoms with E-state index in [-0.39, 0.29) is 0 Å². The van der Waals surface area contributed by atoms with Crippen LogP contribution in [0.3, 0.4) is 0 Å². The summed E-state index contributed by atoms with van der Waals surface area (Å²) in [7, 11) is 3.91. The number of hydrogen-bond donors (Lipinski definition) is 0. The minimum absolute atomic E-state index is 0.622. The van der Waals surface area contributed by atoms with Gasteiger partial charge < -0.3 is 0 Å². The second kappa shape index (κ2) is 6.46. The van der Waals surface area contributed by atoms with Crippen LogP contribution in [0.2, 0.25) is 0 Å². The lowest BCUT2D eigenvalue weighted by atomic mass is 10.2. The number of rotatable bonds is 7. The first-order valence-corrected chi connectivity index (χ1v) is 9.16. The van der Waals surface area contributed by atoms with Gasteiger partial charge in [0.2, 0.25) is 0 Å². The van der Waals surface area contributed by atoms with Crippen molar-refractivity contribution in [3.8, 4) is 17.3 Å². The van der Waals surface area contributed by atoms with Crippen molar-refractivity contribution in [1.82, 2.24) is 34.3 Å². The van der Waals surface area contributed by atoms with Gasteiger partial charge in [0.05, 0.1) is 11.9 Å². The molecule has 1 fully saturated rings. The summed E-state index contributed by atoms with van der Waals surface area (Å²) >= 11 is 0. The van der Waals surface area contributed by atoms with Crippen LogP contribution in [0.4, 0.5) is 0 Å². The average Bonchev–Trinajstić information content (AvgIpc) is 3.05. The van der Waals surface area contributed by atoms with E-state index in [2.05, 4.69) is 18.1 Å². The summed E-state index contributed by atoms with van der Waals surface area (Å²) in [6, 6.07) is 4.14. The molecule has 3 heterocycles. The molecule has 132 valence electrons. The van der Waals surface area contributed by atoms with Crippen LogP contribution < -0.4 is 0 Å². The maximum Gasteiger partial charge on any atom is 0.183 e. The molecule has 25 heavy (non-hydrogen) atoms. The van der Waals surface area contributed by atoms with E-state index in [1.807, 2.05) is 34.2 Å². The maximum absolute atomic E-state index is 4.85. The molecule has 7 heteroatoms. The molecule has 4 rings (SSSR count). The SMILES string of the molecule is CCCCCc1nc(-c2cc(C3CC3)nn2C)n(-c2ccnn2C)n1. The van der Waals surface area contributed by atoms with Gasteiger partial charge in [-0.1, -0.05) is 19.8 Å². The Bertz CT molecular complexity index is 866. The van der Waals surface area contributed by atoms with E-state index < -0.39 is 0 Å². The predicted octanol–water partition coefficient (Wildman–Crippen LogP) is 3.01. The first-order chi connectivity index (χ1) is 12.2. The lowest BCUT2D eigenvalue weighted by Gasteiger charge is -2.05. The smallest absolute Gasteiger partial charge is 0.183 e. The van der Waals surface area contributed by atoms with Crippen molar-refractivity contribution in [2.75, 3.05) is 0 Å². The highest BCUT2D eigenvalue weighted by molar-refractivity contribution is 5.54. The Hall–Kier alpha value is -2.44. The topological polar surface area (TPSA) is 66.3 Å². The molecule has 0 atom stereocenters. The zero-order valence-corrected chi connectivity index (χ0v) is 15.2. The summed E-state index contributed by atoms with van der Waals surface area (Å²) in [5.74, 6) is 3.27. The van der Waals surface area contributed by atoms with E-state index >= 15 is 0 Å². The molecule has 3 aromatic heterocycles. The van der Waals surface area contributed by atoms with Crippen LogP contribution in [0.1, 0.15) is 56.5 Å². The monoisotopic (exact) mass is 339 g/mol. The van der Waals surface area contributed by atoms with Crippen LogP contribution in [0.5, 0.6) is 0 Å². The number of nitrogens with zero attached hydrogens (tertiary/aromatic N) is 7. The molecular formula is C18H25N7. The first kappa shape index (κ1) is 16.1. The highest BCUT2D eigenvalue weighted by atomic mass is 15.4. The fourth-order valence-electron chi connectivity index (χ4n) is 3.17. The number of aryl methyl sites for hydroxylation is 3. The van der Waals surface area contributed by atoms with E-state index in [1.165, 1.54) is 31.4 Å². The number of aromatic nitrogens is 7. The first-order valence-electron chi connectivity index (χ1n) is 9.16. The van der Waals surface area contributed by atoms with Crippen molar-refractivity contribution in [2.45, 2.75) is 51.4 Å². The molecule has 0 bridgehead atoms. The second-order valence-corrected chi connectivity index (χ2v) is 6.89. The molecule has 0 amide bonds. The van der Waals surface area contributed by atoms with Gasteiger partial charge in [0.15, 0.2) is 17.5 Å². The number of hydrogen-bond acceptors (Lipinski definition) is 4. The third kappa shape index (κ3) is 3.10. The Labute approximate surface area is 147 Å². The normalized spacial score (nSPS) is 14.4. The fraction of sp³-hybridized carbons (Fsp3) is 0.556. The summed E-state index contributed by atoms with van der Waals surface area (Å²) in [6.45, 7) is 2.21. The van der Waals surface area contributed by atoms with Crippen molar-refractivity contribution in [2.24, 2.45) is 14.1 Å². The highest BCUT2D eigenvalue weighted by Crippen LogP contribution is 2.40.